The van der Waals surface area contributed by atoms with Gasteiger partial charge in [-0.15, -0.1) is 0 Å². The molecule has 2 N–H and O–H groups in total. The molecular weight excluding hydrogens is 156 g/mol. The Hall–Kier alpha value is -0.900. The van der Waals surface area contributed by atoms with Gasteiger partial charge in [-0.1, -0.05) is 0 Å². The fourth-order valence-corrected chi connectivity index (χ4v) is 1.64. The predicted octanol–water partition coefficient (Wildman–Crippen LogP) is -0.475. The summed E-state index contributed by atoms with van der Waals surface area (Å²) < 4.78 is 0. The van der Waals surface area contributed by atoms with Crippen LogP contribution in [0.25, 0.3) is 0 Å². The van der Waals surface area contributed by atoms with Crippen molar-refractivity contribution in [1.82, 2.24) is 4.90 Å². The molecule has 0 spiro atoms. The van der Waals surface area contributed by atoms with Crippen molar-refractivity contribution in [1.29, 1.82) is 0 Å². The molecule has 0 aromatic heterocycles. The minimum absolute atomic E-state index is 0.149. The largest absolute Gasteiger partial charge is 0.368 e. The lowest BCUT2D eigenvalue weighted by atomic mass is 10.2. The first kappa shape index (κ1) is 9.19. The smallest absolute Gasteiger partial charge is 0.242 e. The van der Waals surface area contributed by atoms with Crippen LogP contribution in [0.15, 0.2) is 0 Å². The summed E-state index contributed by atoms with van der Waals surface area (Å²) in [6.07, 6.45) is 2.11. The second-order valence-electron chi connectivity index (χ2n) is 3.16. The summed E-state index contributed by atoms with van der Waals surface area (Å²) in [5.41, 5.74) is 5.12. The SMILES string of the molecule is CC(=O)C(C(N)=O)N1CCCC1. The highest BCUT2D eigenvalue weighted by atomic mass is 16.2. The van der Waals surface area contributed by atoms with E-state index in [1.165, 1.54) is 6.92 Å². The Morgan fingerprint density at radius 3 is 2.17 bits per heavy atom. The zero-order valence-corrected chi connectivity index (χ0v) is 7.25. The maximum absolute atomic E-state index is 11.0. The third kappa shape index (κ3) is 1.82. The topological polar surface area (TPSA) is 63.4 Å². The van der Waals surface area contributed by atoms with Crippen molar-refractivity contribution in [2.75, 3.05) is 13.1 Å². The molecular formula is C8H14N2O2. The van der Waals surface area contributed by atoms with E-state index in [-0.39, 0.29) is 5.78 Å². The van der Waals surface area contributed by atoms with Crippen molar-refractivity contribution in [2.24, 2.45) is 5.73 Å². The minimum Gasteiger partial charge on any atom is -0.368 e. The average molecular weight is 170 g/mol. The van der Waals surface area contributed by atoms with Gasteiger partial charge in [0.15, 0.2) is 5.78 Å². The predicted molar refractivity (Wildman–Crippen MR) is 44.5 cm³/mol. The van der Waals surface area contributed by atoms with Gasteiger partial charge in [-0.2, -0.15) is 0 Å². The standard InChI is InChI=1S/C8H14N2O2/c1-6(11)7(8(9)12)10-4-2-3-5-10/h7H,2-5H2,1H3,(H2,9,12). The number of nitrogens with two attached hydrogens (primary N) is 1. The second-order valence-corrected chi connectivity index (χ2v) is 3.16. The Morgan fingerprint density at radius 2 is 1.83 bits per heavy atom. The van der Waals surface area contributed by atoms with Gasteiger partial charge in [0, 0.05) is 0 Å². The van der Waals surface area contributed by atoms with E-state index < -0.39 is 11.9 Å². The Balaban J connectivity index is 2.64. The van der Waals surface area contributed by atoms with Crippen molar-refractivity contribution >= 4 is 11.7 Å². The normalized spacial score (nSPS) is 20.8. The summed E-state index contributed by atoms with van der Waals surface area (Å²) in [5.74, 6) is -0.672. The number of likely N-dealkylation sites (tertiary alicyclic amines) is 1. The highest BCUT2D eigenvalue weighted by Gasteiger charge is 2.29. The van der Waals surface area contributed by atoms with E-state index >= 15 is 0 Å². The van der Waals surface area contributed by atoms with Crippen LogP contribution in [-0.4, -0.2) is 35.7 Å². The Bertz CT molecular complexity index is 183. The fraction of sp³-hybridized carbons (Fsp3) is 0.750. The zero-order valence-electron chi connectivity index (χ0n) is 7.25. The van der Waals surface area contributed by atoms with E-state index in [1.54, 1.807) is 0 Å². The number of carbonyl (C=O) groups is 2. The number of Topliss-reactive ketones (excluding diaryl/α,β-unsaturated/α-hetero) is 1. The number of ketones is 1. The van der Waals surface area contributed by atoms with Gasteiger partial charge in [0.05, 0.1) is 0 Å². The van der Waals surface area contributed by atoms with Crippen LogP contribution >= 0.6 is 0 Å². The fourth-order valence-electron chi connectivity index (χ4n) is 1.64. The number of rotatable bonds is 3. The van der Waals surface area contributed by atoms with Gasteiger partial charge in [-0.3, -0.25) is 14.5 Å². The molecule has 4 nitrogen and oxygen atoms in total. The summed E-state index contributed by atoms with van der Waals surface area (Å²) in [5, 5.41) is 0. The summed E-state index contributed by atoms with van der Waals surface area (Å²) >= 11 is 0. The van der Waals surface area contributed by atoms with E-state index in [9.17, 15) is 9.59 Å². The molecule has 1 amide bonds. The van der Waals surface area contributed by atoms with Crippen LogP contribution in [0.4, 0.5) is 0 Å². The Kier molecular flexibility index (Phi) is 2.81. The molecule has 4 heteroatoms. The number of nitrogens with zero attached hydrogens (tertiary/aromatic N) is 1. The maximum Gasteiger partial charge on any atom is 0.242 e. The highest BCUT2D eigenvalue weighted by Crippen LogP contribution is 2.11. The second kappa shape index (κ2) is 3.67. The van der Waals surface area contributed by atoms with Crippen molar-refractivity contribution in [3.63, 3.8) is 0 Å². The Labute approximate surface area is 71.7 Å². The molecule has 1 aliphatic heterocycles. The van der Waals surface area contributed by atoms with E-state index in [0.29, 0.717) is 0 Å². The van der Waals surface area contributed by atoms with Gasteiger partial charge in [0.1, 0.15) is 6.04 Å². The molecule has 1 unspecified atom stereocenters. The monoisotopic (exact) mass is 170 g/mol. The number of primary amides is 1. The van der Waals surface area contributed by atoms with Gasteiger partial charge < -0.3 is 5.73 Å². The molecule has 0 saturated carbocycles. The zero-order chi connectivity index (χ0) is 9.14. The molecule has 0 aromatic carbocycles. The molecule has 1 rings (SSSR count). The van der Waals surface area contributed by atoms with Crippen LogP contribution in [0.2, 0.25) is 0 Å². The average Bonchev–Trinajstić information content (AvgIpc) is 2.37. The van der Waals surface area contributed by atoms with Crippen LogP contribution in [0.3, 0.4) is 0 Å². The number of carbonyl (C=O) groups excluding carboxylic acids is 2. The third-order valence-corrected chi connectivity index (χ3v) is 2.16. The van der Waals surface area contributed by atoms with Crippen LogP contribution in [0.1, 0.15) is 19.8 Å². The minimum atomic E-state index is -0.688. The van der Waals surface area contributed by atoms with Crippen molar-refractivity contribution in [3.05, 3.63) is 0 Å². The number of amides is 1. The molecule has 1 heterocycles. The summed E-state index contributed by atoms with van der Waals surface area (Å²) in [4.78, 5) is 23.8. The first-order valence-corrected chi connectivity index (χ1v) is 4.16. The molecule has 68 valence electrons. The highest BCUT2D eigenvalue weighted by molar-refractivity contribution is 6.03. The lowest BCUT2D eigenvalue weighted by molar-refractivity contribution is -0.132. The molecule has 1 atom stereocenters. The van der Waals surface area contributed by atoms with Gasteiger partial charge in [-0.25, -0.2) is 0 Å². The quantitative estimate of drug-likeness (QED) is 0.582. The van der Waals surface area contributed by atoms with E-state index in [1.807, 2.05) is 4.90 Å². The Morgan fingerprint density at radius 1 is 1.33 bits per heavy atom. The molecule has 0 bridgehead atoms. The number of hydrogen-bond acceptors (Lipinski definition) is 3. The molecule has 0 aromatic rings. The lowest BCUT2D eigenvalue weighted by Gasteiger charge is -2.21. The first-order valence-electron chi connectivity index (χ1n) is 4.16. The van der Waals surface area contributed by atoms with Crippen LogP contribution in [0.5, 0.6) is 0 Å². The van der Waals surface area contributed by atoms with Gasteiger partial charge in [-0.05, 0) is 32.9 Å². The lowest BCUT2D eigenvalue weighted by Crippen LogP contribution is -2.47. The maximum atomic E-state index is 11.0. The summed E-state index contributed by atoms with van der Waals surface area (Å²) in [6.45, 7) is 3.04. The van der Waals surface area contributed by atoms with Crippen molar-refractivity contribution in [2.45, 2.75) is 25.8 Å². The van der Waals surface area contributed by atoms with Gasteiger partial charge in [0.25, 0.3) is 0 Å². The van der Waals surface area contributed by atoms with E-state index in [0.717, 1.165) is 25.9 Å². The van der Waals surface area contributed by atoms with Crippen LogP contribution < -0.4 is 5.73 Å². The molecule has 1 aliphatic rings. The third-order valence-electron chi connectivity index (χ3n) is 2.16. The van der Waals surface area contributed by atoms with Crippen molar-refractivity contribution < 1.29 is 9.59 Å². The van der Waals surface area contributed by atoms with Gasteiger partial charge in [0.2, 0.25) is 5.91 Å². The molecule has 1 fully saturated rings. The molecule has 1 saturated heterocycles. The van der Waals surface area contributed by atoms with Gasteiger partial charge >= 0.3 is 0 Å². The van der Waals surface area contributed by atoms with E-state index in [2.05, 4.69) is 0 Å². The number of hydrogen-bond donors (Lipinski definition) is 1. The molecule has 0 aliphatic carbocycles. The summed E-state index contributed by atoms with van der Waals surface area (Å²) in [6, 6.07) is -0.688. The first-order chi connectivity index (χ1) is 5.63. The van der Waals surface area contributed by atoms with Crippen LogP contribution in [-0.2, 0) is 9.59 Å². The van der Waals surface area contributed by atoms with Crippen LogP contribution in [0, 0.1) is 0 Å². The molecule has 12 heavy (non-hydrogen) atoms. The molecule has 0 radical (unpaired) electrons. The van der Waals surface area contributed by atoms with E-state index in [4.69, 9.17) is 5.73 Å². The summed E-state index contributed by atoms with van der Waals surface area (Å²) in [7, 11) is 0. The van der Waals surface area contributed by atoms with Crippen molar-refractivity contribution in [3.8, 4) is 0 Å².